The fourth-order valence-corrected chi connectivity index (χ4v) is 3.97. The van der Waals surface area contributed by atoms with Crippen molar-refractivity contribution in [3.63, 3.8) is 0 Å². The van der Waals surface area contributed by atoms with E-state index < -0.39 is 5.60 Å². The number of imidazole rings is 1. The van der Waals surface area contributed by atoms with Gasteiger partial charge in [-0.15, -0.1) is 0 Å². The van der Waals surface area contributed by atoms with Crippen LogP contribution in [0.3, 0.4) is 0 Å². The van der Waals surface area contributed by atoms with Gasteiger partial charge in [-0.1, -0.05) is 0 Å². The Morgan fingerprint density at radius 1 is 1.24 bits per heavy atom. The molecule has 1 aromatic heterocycles. The Hall–Kier alpha value is -1.40. The Kier molecular flexibility index (Phi) is 5.21. The van der Waals surface area contributed by atoms with Crippen molar-refractivity contribution >= 4 is 5.91 Å². The van der Waals surface area contributed by atoms with Gasteiger partial charge in [0.15, 0.2) is 0 Å². The summed E-state index contributed by atoms with van der Waals surface area (Å²) < 4.78 is 2.30. The highest BCUT2D eigenvalue weighted by molar-refractivity contribution is 5.76. The van der Waals surface area contributed by atoms with Crippen LogP contribution < -0.4 is 0 Å². The van der Waals surface area contributed by atoms with E-state index in [0.717, 1.165) is 44.8 Å². The van der Waals surface area contributed by atoms with Crippen molar-refractivity contribution in [3.8, 4) is 0 Å². The van der Waals surface area contributed by atoms with E-state index in [0.29, 0.717) is 25.3 Å². The number of likely N-dealkylation sites (tertiary alicyclic amines) is 1. The monoisotopic (exact) mass is 348 g/mol. The van der Waals surface area contributed by atoms with E-state index in [1.54, 1.807) is 13.8 Å². The van der Waals surface area contributed by atoms with Gasteiger partial charge in [-0.05, 0) is 60.2 Å². The van der Waals surface area contributed by atoms with E-state index in [-0.39, 0.29) is 5.91 Å². The number of aryl methyl sites for hydroxylation is 1. The highest BCUT2D eigenvalue weighted by Gasteiger charge is 2.30. The molecule has 140 valence electrons. The largest absolute Gasteiger partial charge is 0.390 e. The van der Waals surface area contributed by atoms with Gasteiger partial charge < -0.3 is 19.5 Å². The summed E-state index contributed by atoms with van der Waals surface area (Å²) in [5, 5.41) is 9.87. The molecule has 0 radical (unpaired) electrons. The number of amides is 1. The molecule has 2 aliphatic heterocycles. The van der Waals surface area contributed by atoms with E-state index in [1.807, 2.05) is 4.90 Å². The smallest absolute Gasteiger partial charge is 0.223 e. The van der Waals surface area contributed by atoms with Crippen LogP contribution in [0.5, 0.6) is 0 Å². The number of carbonyl (C=O) groups is 1. The number of fused-ring (bicyclic) bond motifs is 1. The maximum absolute atomic E-state index is 12.6. The summed E-state index contributed by atoms with van der Waals surface area (Å²) in [4.78, 5) is 21.8. The molecule has 1 amide bonds. The molecule has 1 saturated heterocycles. The van der Waals surface area contributed by atoms with E-state index in [2.05, 4.69) is 23.4 Å². The molecule has 1 fully saturated rings. The number of piperidine rings is 1. The first-order valence-corrected chi connectivity index (χ1v) is 9.49. The third-order valence-corrected chi connectivity index (χ3v) is 5.64. The van der Waals surface area contributed by atoms with Crippen molar-refractivity contribution in [3.05, 3.63) is 17.2 Å². The van der Waals surface area contributed by atoms with Crippen molar-refractivity contribution in [1.29, 1.82) is 0 Å². The van der Waals surface area contributed by atoms with Crippen LogP contribution in [-0.2, 0) is 17.9 Å². The Labute approximate surface area is 150 Å². The molecule has 0 bridgehead atoms. The lowest BCUT2D eigenvalue weighted by Gasteiger charge is -2.32. The van der Waals surface area contributed by atoms with E-state index in [1.165, 1.54) is 11.4 Å². The first-order valence-electron chi connectivity index (χ1n) is 9.49. The summed E-state index contributed by atoms with van der Waals surface area (Å²) in [7, 11) is 2.17. The Morgan fingerprint density at radius 3 is 2.56 bits per heavy atom. The van der Waals surface area contributed by atoms with Gasteiger partial charge in [0, 0.05) is 25.4 Å². The molecule has 2 aliphatic rings. The highest BCUT2D eigenvalue weighted by Crippen LogP contribution is 2.32. The minimum Gasteiger partial charge on any atom is -0.390 e. The van der Waals surface area contributed by atoms with Gasteiger partial charge in [0.2, 0.25) is 5.91 Å². The summed E-state index contributed by atoms with van der Waals surface area (Å²) in [6, 6.07) is 0. The minimum absolute atomic E-state index is 0.140. The molecule has 0 spiro atoms. The standard InChI is InChI=1S/C19H32N4O2/c1-14-20-18(15-6-9-21(4)10-7-15)16-13-22(11-12-23(14)16)17(24)5-8-19(2,3)25/h15,25H,5-13H2,1-4H3. The number of rotatable bonds is 4. The topological polar surface area (TPSA) is 61.6 Å². The van der Waals surface area contributed by atoms with Gasteiger partial charge in [0.1, 0.15) is 5.82 Å². The molecular formula is C19H32N4O2. The van der Waals surface area contributed by atoms with Crippen LogP contribution in [0.2, 0.25) is 0 Å². The third kappa shape index (κ3) is 4.23. The van der Waals surface area contributed by atoms with Crippen LogP contribution in [0.4, 0.5) is 0 Å². The average Bonchev–Trinajstić information content (AvgIpc) is 2.89. The van der Waals surface area contributed by atoms with Crippen LogP contribution in [0.1, 0.15) is 62.7 Å². The summed E-state index contributed by atoms with van der Waals surface area (Å²) in [6.07, 6.45) is 3.20. The predicted octanol–water partition coefficient (Wildman–Crippen LogP) is 1.89. The Bertz CT molecular complexity index is 624. The van der Waals surface area contributed by atoms with Gasteiger partial charge in [-0.25, -0.2) is 4.98 Å². The van der Waals surface area contributed by atoms with Crippen LogP contribution in [0, 0.1) is 6.92 Å². The lowest BCUT2D eigenvalue weighted by Crippen LogP contribution is -2.39. The van der Waals surface area contributed by atoms with Crippen molar-refractivity contribution in [1.82, 2.24) is 19.4 Å². The zero-order chi connectivity index (χ0) is 18.2. The lowest BCUT2D eigenvalue weighted by atomic mass is 9.92. The number of hydrogen-bond acceptors (Lipinski definition) is 4. The van der Waals surface area contributed by atoms with E-state index in [4.69, 9.17) is 4.98 Å². The second kappa shape index (κ2) is 7.08. The third-order valence-electron chi connectivity index (χ3n) is 5.64. The molecule has 1 N–H and O–H groups in total. The molecule has 25 heavy (non-hydrogen) atoms. The molecule has 0 saturated carbocycles. The normalized spacial score (nSPS) is 20.0. The second-order valence-electron chi connectivity index (χ2n) is 8.35. The van der Waals surface area contributed by atoms with Crippen molar-refractivity contribution < 1.29 is 9.90 Å². The molecule has 6 nitrogen and oxygen atoms in total. The summed E-state index contributed by atoms with van der Waals surface area (Å²) >= 11 is 0. The summed E-state index contributed by atoms with van der Waals surface area (Å²) in [5.74, 6) is 1.73. The Morgan fingerprint density at radius 2 is 1.92 bits per heavy atom. The fourth-order valence-electron chi connectivity index (χ4n) is 3.97. The summed E-state index contributed by atoms with van der Waals surface area (Å²) in [6.45, 7) is 10.0. The van der Waals surface area contributed by atoms with Crippen molar-refractivity contribution in [2.45, 2.75) is 71.1 Å². The zero-order valence-electron chi connectivity index (χ0n) is 16.1. The van der Waals surface area contributed by atoms with Crippen LogP contribution in [0.15, 0.2) is 0 Å². The molecule has 0 aliphatic carbocycles. The van der Waals surface area contributed by atoms with Gasteiger partial charge in [0.25, 0.3) is 0 Å². The number of carbonyl (C=O) groups excluding carboxylic acids is 1. The SMILES string of the molecule is Cc1nc(C2CCN(C)CC2)c2n1CCN(C(=O)CCC(C)(C)O)C2. The van der Waals surface area contributed by atoms with Crippen LogP contribution in [-0.4, -0.2) is 62.6 Å². The molecular weight excluding hydrogens is 316 g/mol. The van der Waals surface area contributed by atoms with Gasteiger partial charge in [-0.2, -0.15) is 0 Å². The Balaban J connectivity index is 1.72. The fraction of sp³-hybridized carbons (Fsp3) is 0.789. The minimum atomic E-state index is -0.789. The van der Waals surface area contributed by atoms with Gasteiger partial charge >= 0.3 is 0 Å². The molecule has 6 heteroatoms. The number of aliphatic hydroxyl groups is 1. The number of aromatic nitrogens is 2. The maximum atomic E-state index is 12.6. The summed E-state index contributed by atoms with van der Waals surface area (Å²) in [5.41, 5.74) is 1.66. The molecule has 0 aromatic carbocycles. The molecule has 0 unspecified atom stereocenters. The highest BCUT2D eigenvalue weighted by atomic mass is 16.3. The lowest BCUT2D eigenvalue weighted by molar-refractivity contribution is -0.133. The van der Waals surface area contributed by atoms with Gasteiger partial charge in [0.05, 0.1) is 23.5 Å². The molecule has 1 aromatic rings. The first-order chi connectivity index (χ1) is 11.7. The zero-order valence-corrected chi connectivity index (χ0v) is 16.1. The van der Waals surface area contributed by atoms with Crippen LogP contribution >= 0.6 is 0 Å². The van der Waals surface area contributed by atoms with E-state index in [9.17, 15) is 9.90 Å². The van der Waals surface area contributed by atoms with Gasteiger partial charge in [-0.3, -0.25) is 4.79 Å². The number of hydrogen-bond donors (Lipinski definition) is 1. The maximum Gasteiger partial charge on any atom is 0.223 e. The molecule has 0 atom stereocenters. The predicted molar refractivity (Wildman–Crippen MR) is 97.4 cm³/mol. The molecule has 3 heterocycles. The first kappa shape index (κ1) is 18.4. The molecule has 3 rings (SSSR count). The number of nitrogens with zero attached hydrogens (tertiary/aromatic N) is 4. The van der Waals surface area contributed by atoms with Crippen molar-refractivity contribution in [2.24, 2.45) is 0 Å². The quantitative estimate of drug-likeness (QED) is 0.903. The second-order valence-corrected chi connectivity index (χ2v) is 8.35. The van der Waals surface area contributed by atoms with Crippen LogP contribution in [0.25, 0.3) is 0 Å². The average molecular weight is 348 g/mol. The van der Waals surface area contributed by atoms with Crippen molar-refractivity contribution in [2.75, 3.05) is 26.7 Å². The van der Waals surface area contributed by atoms with E-state index >= 15 is 0 Å².